The molecule has 0 aliphatic rings. The van der Waals surface area contributed by atoms with Crippen LogP contribution < -0.4 is 4.74 Å². The van der Waals surface area contributed by atoms with Gasteiger partial charge in [0.15, 0.2) is 5.75 Å². The fourth-order valence-corrected chi connectivity index (χ4v) is 2.28. The van der Waals surface area contributed by atoms with Crippen LogP contribution in [0.5, 0.6) is 10.8 Å². The van der Waals surface area contributed by atoms with Crippen molar-refractivity contribution in [2.24, 2.45) is 7.05 Å². The summed E-state index contributed by atoms with van der Waals surface area (Å²) in [7, 11) is 1.72. The standard InChI is InChI=1S/C10H11N3O4S/c1-6(14)9-3-8(13(15)16)10(18-9)17-7-4-11-12(2)5-7/h3-6,14H,1-2H3/t6-/m1/s1. The molecule has 0 unspecified atom stereocenters. The number of hydrogen-bond donors (Lipinski definition) is 1. The van der Waals surface area contributed by atoms with Gasteiger partial charge in [0.05, 0.1) is 23.4 Å². The second-order valence-corrected chi connectivity index (χ2v) is 4.75. The van der Waals surface area contributed by atoms with Crippen molar-refractivity contribution in [3.05, 3.63) is 33.5 Å². The molecule has 96 valence electrons. The molecule has 2 aromatic rings. The third-order valence-electron chi connectivity index (χ3n) is 2.20. The van der Waals surface area contributed by atoms with Crippen molar-refractivity contribution in [3.8, 4) is 10.8 Å². The minimum Gasteiger partial charge on any atom is -0.437 e. The first-order chi connectivity index (χ1) is 8.47. The van der Waals surface area contributed by atoms with Crippen LogP contribution in [-0.2, 0) is 7.05 Å². The van der Waals surface area contributed by atoms with E-state index < -0.39 is 11.0 Å². The van der Waals surface area contributed by atoms with Crippen LogP contribution in [0.1, 0.15) is 17.9 Å². The van der Waals surface area contributed by atoms with Crippen molar-refractivity contribution in [1.29, 1.82) is 0 Å². The second-order valence-electron chi connectivity index (χ2n) is 3.71. The Labute approximate surface area is 106 Å². The Hall–Kier alpha value is -1.93. The van der Waals surface area contributed by atoms with Gasteiger partial charge in [0.25, 0.3) is 5.06 Å². The van der Waals surface area contributed by atoms with Crippen LogP contribution in [0.2, 0.25) is 0 Å². The van der Waals surface area contributed by atoms with Crippen molar-refractivity contribution in [3.63, 3.8) is 0 Å². The molecular formula is C10H11N3O4S. The quantitative estimate of drug-likeness (QED) is 0.679. The van der Waals surface area contributed by atoms with Crippen LogP contribution >= 0.6 is 11.3 Å². The van der Waals surface area contributed by atoms with Gasteiger partial charge in [-0.1, -0.05) is 11.3 Å². The lowest BCUT2D eigenvalue weighted by Gasteiger charge is -1.98. The summed E-state index contributed by atoms with van der Waals surface area (Å²) in [5.41, 5.74) is -0.153. The zero-order chi connectivity index (χ0) is 13.3. The molecule has 2 aromatic heterocycles. The first-order valence-electron chi connectivity index (χ1n) is 5.10. The van der Waals surface area contributed by atoms with Crippen LogP contribution in [-0.4, -0.2) is 19.8 Å². The average Bonchev–Trinajstić information content (AvgIpc) is 2.85. The highest BCUT2D eigenvalue weighted by Gasteiger charge is 2.23. The SMILES string of the molecule is C[C@@H](O)c1cc([N+](=O)[O-])c(Oc2cnn(C)c2)s1. The smallest absolute Gasteiger partial charge is 0.323 e. The molecule has 0 amide bonds. The summed E-state index contributed by atoms with van der Waals surface area (Å²) in [5.74, 6) is 0.416. The van der Waals surface area contributed by atoms with Gasteiger partial charge in [-0.2, -0.15) is 5.10 Å². The number of hydrogen-bond acceptors (Lipinski definition) is 6. The lowest BCUT2D eigenvalue weighted by atomic mass is 10.3. The highest BCUT2D eigenvalue weighted by molar-refractivity contribution is 7.14. The molecule has 0 bridgehead atoms. The minimum atomic E-state index is -0.764. The first-order valence-corrected chi connectivity index (χ1v) is 5.91. The number of ether oxygens (including phenoxy) is 1. The van der Waals surface area contributed by atoms with Gasteiger partial charge in [-0.05, 0) is 6.92 Å². The molecule has 0 aliphatic heterocycles. The van der Waals surface area contributed by atoms with Gasteiger partial charge in [0.2, 0.25) is 0 Å². The zero-order valence-corrected chi connectivity index (χ0v) is 10.5. The van der Waals surface area contributed by atoms with E-state index in [9.17, 15) is 15.2 Å². The molecule has 0 aromatic carbocycles. The fraction of sp³-hybridized carbons (Fsp3) is 0.300. The van der Waals surface area contributed by atoms with Crippen LogP contribution in [0.25, 0.3) is 0 Å². The van der Waals surface area contributed by atoms with Gasteiger partial charge in [-0.3, -0.25) is 14.8 Å². The monoisotopic (exact) mass is 269 g/mol. The Morgan fingerprint density at radius 1 is 1.67 bits per heavy atom. The number of thiophene rings is 1. The van der Waals surface area contributed by atoms with Crippen LogP contribution in [0.3, 0.4) is 0 Å². The summed E-state index contributed by atoms with van der Waals surface area (Å²) in [4.78, 5) is 10.8. The summed E-state index contributed by atoms with van der Waals surface area (Å²) in [5, 5.41) is 24.4. The van der Waals surface area contributed by atoms with E-state index in [-0.39, 0.29) is 10.8 Å². The molecule has 0 aliphatic carbocycles. The number of aliphatic hydroxyl groups is 1. The van der Waals surface area contributed by atoms with Gasteiger partial charge in [0.1, 0.15) is 0 Å². The van der Waals surface area contributed by atoms with Gasteiger partial charge >= 0.3 is 5.69 Å². The van der Waals surface area contributed by atoms with Crippen molar-refractivity contribution in [2.45, 2.75) is 13.0 Å². The third-order valence-corrected chi connectivity index (χ3v) is 3.37. The lowest BCUT2D eigenvalue weighted by molar-refractivity contribution is -0.385. The van der Waals surface area contributed by atoms with Crippen LogP contribution in [0.15, 0.2) is 18.5 Å². The van der Waals surface area contributed by atoms with Gasteiger partial charge in [-0.25, -0.2) is 0 Å². The molecule has 1 atom stereocenters. The van der Waals surface area contributed by atoms with Crippen molar-refractivity contribution in [2.75, 3.05) is 0 Å². The molecule has 0 radical (unpaired) electrons. The number of nitro groups is 1. The highest BCUT2D eigenvalue weighted by atomic mass is 32.1. The van der Waals surface area contributed by atoms with Gasteiger partial charge in [0, 0.05) is 18.0 Å². The van der Waals surface area contributed by atoms with Gasteiger partial charge in [-0.15, -0.1) is 0 Å². The van der Waals surface area contributed by atoms with Gasteiger partial charge < -0.3 is 9.84 Å². The molecule has 0 spiro atoms. The van der Waals surface area contributed by atoms with E-state index in [0.717, 1.165) is 11.3 Å². The molecule has 2 heterocycles. The normalized spacial score (nSPS) is 12.4. The number of aromatic nitrogens is 2. The Morgan fingerprint density at radius 2 is 2.39 bits per heavy atom. The molecule has 0 saturated carbocycles. The maximum Gasteiger partial charge on any atom is 0.323 e. The van der Waals surface area contributed by atoms with E-state index >= 15 is 0 Å². The molecule has 0 saturated heterocycles. The van der Waals surface area contributed by atoms with Crippen molar-refractivity contribution < 1.29 is 14.8 Å². The topological polar surface area (TPSA) is 90.4 Å². The Bertz CT molecular complexity index is 575. The highest BCUT2D eigenvalue weighted by Crippen LogP contribution is 2.41. The van der Waals surface area contributed by atoms with E-state index in [1.165, 1.54) is 16.9 Å². The molecule has 0 fully saturated rings. The summed E-state index contributed by atoms with van der Waals surface area (Å²) >= 11 is 1.05. The molecule has 1 N–H and O–H groups in total. The average molecular weight is 269 g/mol. The van der Waals surface area contributed by atoms with E-state index in [2.05, 4.69) is 5.10 Å². The van der Waals surface area contributed by atoms with Crippen LogP contribution in [0.4, 0.5) is 5.69 Å². The van der Waals surface area contributed by atoms with E-state index in [1.54, 1.807) is 20.2 Å². The Morgan fingerprint density at radius 3 is 2.89 bits per heavy atom. The number of rotatable bonds is 4. The van der Waals surface area contributed by atoms with E-state index in [4.69, 9.17) is 4.74 Å². The summed E-state index contributed by atoms with van der Waals surface area (Å²) in [6, 6.07) is 1.32. The summed E-state index contributed by atoms with van der Waals surface area (Å²) in [6.07, 6.45) is 2.30. The minimum absolute atomic E-state index is 0.143. The maximum atomic E-state index is 10.9. The molecule has 7 nitrogen and oxygen atoms in total. The molecule has 18 heavy (non-hydrogen) atoms. The number of nitrogens with zero attached hydrogens (tertiary/aromatic N) is 3. The van der Waals surface area contributed by atoms with Crippen molar-refractivity contribution in [1.82, 2.24) is 9.78 Å². The predicted molar refractivity (Wildman–Crippen MR) is 64.9 cm³/mol. The number of aliphatic hydroxyl groups excluding tert-OH is 1. The number of aryl methyl sites for hydroxylation is 1. The summed E-state index contributed by atoms with van der Waals surface area (Å²) in [6.45, 7) is 1.55. The second kappa shape index (κ2) is 4.75. The largest absolute Gasteiger partial charge is 0.437 e. The van der Waals surface area contributed by atoms with Crippen LogP contribution in [0, 0.1) is 10.1 Å². The summed E-state index contributed by atoms with van der Waals surface area (Å²) < 4.78 is 6.94. The lowest BCUT2D eigenvalue weighted by Crippen LogP contribution is -1.89. The maximum absolute atomic E-state index is 10.9. The first kappa shape index (κ1) is 12.5. The molecule has 2 rings (SSSR count). The van der Waals surface area contributed by atoms with E-state index in [0.29, 0.717) is 10.6 Å². The Balaban J connectivity index is 2.33. The molecular weight excluding hydrogens is 258 g/mol. The Kier molecular flexibility index (Phi) is 3.30. The van der Waals surface area contributed by atoms with Crippen molar-refractivity contribution >= 4 is 17.0 Å². The third kappa shape index (κ3) is 2.49. The van der Waals surface area contributed by atoms with E-state index in [1.807, 2.05) is 0 Å². The molecule has 8 heteroatoms. The zero-order valence-electron chi connectivity index (χ0n) is 9.73. The fourth-order valence-electron chi connectivity index (χ4n) is 1.35. The predicted octanol–water partition coefficient (Wildman–Crippen LogP) is 2.24.